The summed E-state index contributed by atoms with van der Waals surface area (Å²) in [6, 6.07) is 7.58. The van der Waals surface area contributed by atoms with Crippen LogP contribution in [0.25, 0.3) is 6.08 Å². The van der Waals surface area contributed by atoms with E-state index in [-0.39, 0.29) is 5.97 Å². The van der Waals surface area contributed by atoms with Gasteiger partial charge < -0.3 is 4.74 Å². The minimum absolute atomic E-state index is 0.277. The van der Waals surface area contributed by atoms with E-state index in [1.807, 2.05) is 18.2 Å². The van der Waals surface area contributed by atoms with E-state index in [9.17, 15) is 4.79 Å². The summed E-state index contributed by atoms with van der Waals surface area (Å²) < 4.78 is 4.75. The maximum atomic E-state index is 11.5. The molecule has 140 valence electrons. The molecular formula is C23H36O2. The number of carbonyl (C=O) groups is 1. The number of carbonyl (C=O) groups excluding carboxylic acids is 1. The third kappa shape index (κ3) is 10.8. The smallest absolute Gasteiger partial charge is 0.337 e. The van der Waals surface area contributed by atoms with Gasteiger partial charge in [0.25, 0.3) is 0 Å². The van der Waals surface area contributed by atoms with E-state index in [2.05, 4.69) is 19.1 Å². The fraction of sp³-hybridized carbons (Fsp3) is 0.609. The minimum atomic E-state index is -0.277. The second kappa shape index (κ2) is 14.7. The molecule has 0 saturated carbocycles. The van der Waals surface area contributed by atoms with E-state index in [1.165, 1.54) is 77.7 Å². The highest BCUT2D eigenvalue weighted by Crippen LogP contribution is 2.13. The third-order valence-electron chi connectivity index (χ3n) is 4.59. The number of rotatable bonds is 14. The van der Waals surface area contributed by atoms with E-state index in [0.717, 1.165) is 12.0 Å². The zero-order valence-corrected chi connectivity index (χ0v) is 16.3. The van der Waals surface area contributed by atoms with Gasteiger partial charge in [0.1, 0.15) is 0 Å². The van der Waals surface area contributed by atoms with Crippen molar-refractivity contribution in [3.63, 3.8) is 0 Å². The van der Waals surface area contributed by atoms with Crippen LogP contribution < -0.4 is 0 Å². The first-order valence-electron chi connectivity index (χ1n) is 10.1. The number of esters is 1. The molecule has 0 aromatic heterocycles. The van der Waals surface area contributed by atoms with Crippen LogP contribution in [0.2, 0.25) is 0 Å². The molecule has 0 amide bonds. The van der Waals surface area contributed by atoms with Crippen LogP contribution in [0.3, 0.4) is 0 Å². The highest BCUT2D eigenvalue weighted by Gasteiger charge is 2.03. The fourth-order valence-corrected chi connectivity index (χ4v) is 3.03. The van der Waals surface area contributed by atoms with Crippen LogP contribution in [0.5, 0.6) is 0 Å². The van der Waals surface area contributed by atoms with Crippen LogP contribution in [0.15, 0.2) is 30.3 Å². The molecule has 0 aliphatic rings. The first-order chi connectivity index (χ1) is 12.3. The molecule has 0 spiro atoms. The second-order valence-electron chi connectivity index (χ2n) is 6.84. The molecule has 0 aliphatic heterocycles. The van der Waals surface area contributed by atoms with E-state index < -0.39 is 0 Å². The van der Waals surface area contributed by atoms with Gasteiger partial charge >= 0.3 is 5.97 Å². The van der Waals surface area contributed by atoms with Gasteiger partial charge in [-0.2, -0.15) is 0 Å². The summed E-state index contributed by atoms with van der Waals surface area (Å²) in [5.41, 5.74) is 1.67. The molecule has 2 heteroatoms. The summed E-state index contributed by atoms with van der Waals surface area (Å²) in [5, 5.41) is 0. The normalized spacial score (nSPS) is 11.1. The van der Waals surface area contributed by atoms with Crippen molar-refractivity contribution in [1.82, 2.24) is 0 Å². The Morgan fingerprint density at radius 3 is 2.12 bits per heavy atom. The maximum Gasteiger partial charge on any atom is 0.337 e. The Hall–Kier alpha value is -1.57. The fourth-order valence-electron chi connectivity index (χ4n) is 3.03. The Balaban J connectivity index is 2.02. The monoisotopic (exact) mass is 344 g/mol. The predicted octanol–water partition coefficient (Wildman–Crippen LogP) is 7.19. The highest BCUT2D eigenvalue weighted by molar-refractivity contribution is 5.89. The summed E-state index contributed by atoms with van der Waals surface area (Å²) in [4.78, 5) is 11.5. The number of ether oxygens (including phenoxy) is 1. The Bertz CT molecular complexity index is 491. The molecule has 1 rings (SSSR count). The van der Waals surface area contributed by atoms with Gasteiger partial charge in [-0.3, -0.25) is 0 Å². The SMILES string of the molecule is CCCCCCCCCCCCC/C=C/c1cccc(C(=O)OC)c1. The number of hydrogen-bond donors (Lipinski definition) is 0. The van der Waals surface area contributed by atoms with Crippen LogP contribution in [0, 0.1) is 0 Å². The summed E-state index contributed by atoms with van der Waals surface area (Å²) in [5.74, 6) is -0.277. The third-order valence-corrected chi connectivity index (χ3v) is 4.59. The highest BCUT2D eigenvalue weighted by atomic mass is 16.5. The molecule has 0 fully saturated rings. The molecule has 1 aromatic rings. The first-order valence-corrected chi connectivity index (χ1v) is 10.1. The first kappa shape index (κ1) is 21.5. The number of benzene rings is 1. The summed E-state index contributed by atoms with van der Waals surface area (Å²) in [6.45, 7) is 2.27. The molecule has 2 nitrogen and oxygen atoms in total. The average Bonchev–Trinajstić information content (AvgIpc) is 2.65. The van der Waals surface area contributed by atoms with Crippen LogP contribution in [0.4, 0.5) is 0 Å². The van der Waals surface area contributed by atoms with Crippen molar-refractivity contribution >= 4 is 12.0 Å². The molecule has 0 bridgehead atoms. The largest absolute Gasteiger partial charge is 0.465 e. The van der Waals surface area contributed by atoms with E-state index in [1.54, 1.807) is 6.07 Å². The molecule has 0 unspecified atom stereocenters. The maximum absolute atomic E-state index is 11.5. The Labute approximate surface area is 154 Å². The van der Waals surface area contributed by atoms with Gasteiger partial charge in [-0.1, -0.05) is 95.4 Å². The summed E-state index contributed by atoms with van der Waals surface area (Å²) >= 11 is 0. The van der Waals surface area contributed by atoms with Crippen molar-refractivity contribution in [1.29, 1.82) is 0 Å². The molecule has 0 radical (unpaired) electrons. The van der Waals surface area contributed by atoms with Crippen LogP contribution in [-0.2, 0) is 4.74 Å². The zero-order valence-electron chi connectivity index (χ0n) is 16.3. The Kier molecular flexibility index (Phi) is 12.7. The lowest BCUT2D eigenvalue weighted by Crippen LogP contribution is -2.00. The van der Waals surface area contributed by atoms with E-state index >= 15 is 0 Å². The number of allylic oxidation sites excluding steroid dienone is 1. The van der Waals surface area contributed by atoms with Gasteiger partial charge in [0.15, 0.2) is 0 Å². The van der Waals surface area contributed by atoms with Gasteiger partial charge in [0.2, 0.25) is 0 Å². The van der Waals surface area contributed by atoms with Gasteiger partial charge in [-0.05, 0) is 30.5 Å². The zero-order chi connectivity index (χ0) is 18.2. The van der Waals surface area contributed by atoms with Crippen molar-refractivity contribution in [2.45, 2.75) is 84.0 Å². The van der Waals surface area contributed by atoms with E-state index in [0.29, 0.717) is 5.56 Å². The van der Waals surface area contributed by atoms with Gasteiger partial charge in [0, 0.05) is 0 Å². The topological polar surface area (TPSA) is 26.3 Å². The molecular weight excluding hydrogens is 308 g/mol. The van der Waals surface area contributed by atoms with Crippen molar-refractivity contribution in [2.75, 3.05) is 7.11 Å². The molecule has 0 saturated heterocycles. The molecule has 0 heterocycles. The van der Waals surface area contributed by atoms with Crippen LogP contribution in [-0.4, -0.2) is 13.1 Å². The second-order valence-corrected chi connectivity index (χ2v) is 6.84. The Morgan fingerprint density at radius 2 is 1.52 bits per heavy atom. The lowest BCUT2D eigenvalue weighted by atomic mass is 10.0. The number of unbranched alkanes of at least 4 members (excludes halogenated alkanes) is 11. The lowest BCUT2D eigenvalue weighted by Gasteiger charge is -2.02. The lowest BCUT2D eigenvalue weighted by molar-refractivity contribution is 0.0600. The van der Waals surface area contributed by atoms with Crippen LogP contribution in [0.1, 0.15) is 99.9 Å². The van der Waals surface area contributed by atoms with E-state index in [4.69, 9.17) is 4.74 Å². The van der Waals surface area contributed by atoms with Crippen molar-refractivity contribution in [2.24, 2.45) is 0 Å². The number of methoxy groups -OCH3 is 1. The predicted molar refractivity (Wildman–Crippen MR) is 108 cm³/mol. The molecule has 0 atom stereocenters. The van der Waals surface area contributed by atoms with Gasteiger partial charge in [0.05, 0.1) is 12.7 Å². The van der Waals surface area contributed by atoms with Gasteiger partial charge in [-0.15, -0.1) is 0 Å². The van der Waals surface area contributed by atoms with Crippen LogP contribution >= 0.6 is 0 Å². The summed E-state index contributed by atoms with van der Waals surface area (Å²) in [7, 11) is 1.41. The average molecular weight is 345 g/mol. The number of hydrogen-bond acceptors (Lipinski definition) is 2. The summed E-state index contributed by atoms with van der Waals surface area (Å²) in [6.07, 6.45) is 20.6. The molecule has 0 aliphatic carbocycles. The molecule has 0 N–H and O–H groups in total. The van der Waals surface area contributed by atoms with Crippen molar-refractivity contribution < 1.29 is 9.53 Å². The Morgan fingerprint density at radius 1 is 0.920 bits per heavy atom. The van der Waals surface area contributed by atoms with Gasteiger partial charge in [-0.25, -0.2) is 4.79 Å². The van der Waals surface area contributed by atoms with Crippen molar-refractivity contribution in [3.8, 4) is 0 Å². The standard InChI is InChI=1S/C23H36O2/c1-3-4-5-6-7-8-9-10-11-12-13-14-15-17-21-18-16-19-22(20-21)23(24)25-2/h15-20H,3-14H2,1-2H3/b17-15+. The van der Waals surface area contributed by atoms with Crippen molar-refractivity contribution in [3.05, 3.63) is 41.5 Å². The molecule has 25 heavy (non-hydrogen) atoms. The quantitative estimate of drug-likeness (QED) is 0.264. The minimum Gasteiger partial charge on any atom is -0.465 e. The molecule has 1 aromatic carbocycles.